The van der Waals surface area contributed by atoms with E-state index in [0.717, 1.165) is 15.6 Å². The predicted molar refractivity (Wildman–Crippen MR) is 144 cm³/mol. The molecule has 0 saturated heterocycles. The van der Waals surface area contributed by atoms with Gasteiger partial charge < -0.3 is 19.9 Å². The summed E-state index contributed by atoms with van der Waals surface area (Å²) >= 11 is 0. The zero-order valence-electron chi connectivity index (χ0n) is 22.2. The molecule has 2 aromatic carbocycles. The minimum absolute atomic E-state index is 0.0891. The maximum Gasteiger partial charge on any atom is 0.408 e. The van der Waals surface area contributed by atoms with Gasteiger partial charge in [-0.15, -0.1) is 0 Å². The summed E-state index contributed by atoms with van der Waals surface area (Å²) in [7, 11) is -3.94. The standard InChI is InChI=1S/C28H28FN3O7S/c1-17-5-8-19(9-6-17)40(36,37)32-14-12-20-23(11-13-30-25(20)32)38-24-10-7-18(15-21(24)29)16-22(26(33)34)31-27(35)39-28(2,3)4/h5-15,22H,16H2,1-4H3,(H,31,35)(H,33,34). The highest BCUT2D eigenvalue weighted by Gasteiger charge is 2.25. The van der Waals surface area contributed by atoms with E-state index in [1.54, 1.807) is 32.9 Å². The molecule has 4 aromatic rings. The van der Waals surface area contributed by atoms with Crippen LogP contribution in [0.4, 0.5) is 9.18 Å². The summed E-state index contributed by atoms with van der Waals surface area (Å²) < 4.78 is 53.3. The lowest BCUT2D eigenvalue weighted by Gasteiger charge is -2.22. The fourth-order valence-corrected chi connectivity index (χ4v) is 5.16. The lowest BCUT2D eigenvalue weighted by Crippen LogP contribution is -2.44. The van der Waals surface area contributed by atoms with Crippen molar-refractivity contribution in [1.29, 1.82) is 0 Å². The highest BCUT2D eigenvalue weighted by atomic mass is 32.2. The number of rotatable bonds is 8. The number of aromatic nitrogens is 2. The molecule has 40 heavy (non-hydrogen) atoms. The number of ether oxygens (including phenoxy) is 2. The number of fused-ring (bicyclic) bond motifs is 1. The van der Waals surface area contributed by atoms with Crippen molar-refractivity contribution in [3.8, 4) is 11.5 Å². The van der Waals surface area contributed by atoms with Gasteiger partial charge in [0.25, 0.3) is 10.0 Å². The summed E-state index contributed by atoms with van der Waals surface area (Å²) in [5.41, 5.74) is 0.495. The number of benzene rings is 2. The van der Waals surface area contributed by atoms with E-state index < -0.39 is 39.5 Å². The molecule has 4 rings (SSSR count). The Hall–Kier alpha value is -4.45. The molecule has 0 fully saturated rings. The van der Waals surface area contributed by atoms with Crippen LogP contribution in [-0.2, 0) is 26.0 Å². The van der Waals surface area contributed by atoms with Crippen molar-refractivity contribution in [3.63, 3.8) is 0 Å². The monoisotopic (exact) mass is 569 g/mol. The van der Waals surface area contributed by atoms with Gasteiger partial charge in [0.05, 0.1) is 10.3 Å². The predicted octanol–water partition coefficient (Wildman–Crippen LogP) is 5.03. The summed E-state index contributed by atoms with van der Waals surface area (Å²) in [6.45, 7) is 6.78. The Labute approximate surface area is 230 Å². The van der Waals surface area contributed by atoms with Gasteiger partial charge in [-0.05, 0) is 69.7 Å². The van der Waals surface area contributed by atoms with Gasteiger partial charge in [0.1, 0.15) is 17.4 Å². The second-order valence-electron chi connectivity index (χ2n) is 10.1. The van der Waals surface area contributed by atoms with Crippen molar-refractivity contribution >= 4 is 33.1 Å². The quantitative estimate of drug-likeness (QED) is 0.301. The van der Waals surface area contributed by atoms with E-state index in [0.29, 0.717) is 10.9 Å². The molecule has 12 heteroatoms. The van der Waals surface area contributed by atoms with Gasteiger partial charge in [0.2, 0.25) is 0 Å². The number of alkyl carbamates (subject to hydrolysis) is 1. The van der Waals surface area contributed by atoms with Gasteiger partial charge in [-0.3, -0.25) is 0 Å². The number of aliphatic carboxylic acids is 1. The normalized spacial score (nSPS) is 12.6. The van der Waals surface area contributed by atoms with E-state index in [4.69, 9.17) is 9.47 Å². The first kappa shape index (κ1) is 28.6. The van der Waals surface area contributed by atoms with Crippen LogP contribution < -0.4 is 10.1 Å². The van der Waals surface area contributed by atoms with Gasteiger partial charge >= 0.3 is 12.1 Å². The van der Waals surface area contributed by atoms with Crippen LogP contribution in [0.25, 0.3) is 11.0 Å². The van der Waals surface area contributed by atoms with Gasteiger partial charge in [-0.25, -0.2) is 31.4 Å². The zero-order valence-corrected chi connectivity index (χ0v) is 23.0. The molecule has 210 valence electrons. The number of pyridine rings is 1. The Bertz CT molecular complexity index is 1680. The number of amides is 1. The topological polar surface area (TPSA) is 137 Å². The minimum atomic E-state index is -3.94. The number of halogens is 1. The van der Waals surface area contributed by atoms with Gasteiger partial charge in [-0.1, -0.05) is 23.8 Å². The second kappa shape index (κ2) is 11.0. The SMILES string of the molecule is Cc1ccc(S(=O)(=O)n2ccc3c(Oc4ccc(CC(NC(=O)OC(C)(C)C)C(=O)O)cc4F)ccnc32)cc1. The third kappa shape index (κ3) is 6.40. The Morgan fingerprint density at radius 3 is 2.40 bits per heavy atom. The van der Waals surface area contributed by atoms with Crippen molar-refractivity contribution in [2.24, 2.45) is 0 Å². The second-order valence-corrected chi connectivity index (χ2v) is 11.9. The molecule has 1 amide bonds. The fraction of sp³-hybridized carbons (Fsp3) is 0.250. The lowest BCUT2D eigenvalue weighted by molar-refractivity contribution is -0.139. The summed E-state index contributed by atoms with van der Waals surface area (Å²) in [5.74, 6) is -2.09. The Morgan fingerprint density at radius 1 is 1.07 bits per heavy atom. The van der Waals surface area contributed by atoms with E-state index in [9.17, 15) is 23.1 Å². The molecule has 2 N–H and O–H groups in total. The molecule has 0 bridgehead atoms. The van der Waals surface area contributed by atoms with Crippen molar-refractivity contribution in [2.75, 3.05) is 0 Å². The summed E-state index contributed by atoms with van der Waals surface area (Å²) in [5, 5.41) is 12.1. The first-order chi connectivity index (χ1) is 18.7. The number of hydrogen-bond acceptors (Lipinski definition) is 7. The van der Waals surface area contributed by atoms with Crippen LogP contribution in [-0.4, -0.2) is 46.2 Å². The van der Waals surface area contributed by atoms with E-state index >= 15 is 4.39 Å². The van der Waals surface area contributed by atoms with Gasteiger partial charge in [-0.2, -0.15) is 0 Å². The van der Waals surface area contributed by atoms with Crippen LogP contribution in [0.15, 0.2) is 71.9 Å². The average molecular weight is 570 g/mol. The van der Waals surface area contributed by atoms with Crippen LogP contribution in [0.3, 0.4) is 0 Å². The van der Waals surface area contributed by atoms with Crippen molar-refractivity contribution < 1.29 is 37.0 Å². The molecule has 2 aromatic heterocycles. The number of carbonyl (C=O) groups excluding carboxylic acids is 1. The molecule has 1 atom stereocenters. The Balaban J connectivity index is 1.56. The molecule has 0 aliphatic heterocycles. The number of carboxylic acid groups (broad SMARTS) is 1. The molecule has 2 heterocycles. The molecular formula is C28H28FN3O7S. The third-order valence-electron chi connectivity index (χ3n) is 5.74. The first-order valence-electron chi connectivity index (χ1n) is 12.2. The summed E-state index contributed by atoms with van der Waals surface area (Å²) in [6.07, 6.45) is 1.59. The fourth-order valence-electron chi connectivity index (χ4n) is 3.86. The van der Waals surface area contributed by atoms with Crippen LogP contribution in [0.1, 0.15) is 31.9 Å². The molecule has 0 spiro atoms. The smallest absolute Gasteiger partial charge is 0.408 e. The maximum atomic E-state index is 15.0. The number of hydrogen-bond donors (Lipinski definition) is 2. The first-order valence-corrected chi connectivity index (χ1v) is 13.7. The third-order valence-corrected chi connectivity index (χ3v) is 7.42. The van der Waals surface area contributed by atoms with Gasteiger partial charge in [0, 0.05) is 18.8 Å². The summed E-state index contributed by atoms with van der Waals surface area (Å²) in [6, 6.07) is 11.9. The lowest BCUT2D eigenvalue weighted by atomic mass is 10.1. The van der Waals surface area contributed by atoms with Crippen molar-refractivity contribution in [1.82, 2.24) is 14.3 Å². The van der Waals surface area contributed by atoms with E-state index in [1.807, 2.05) is 6.92 Å². The van der Waals surface area contributed by atoms with E-state index in [2.05, 4.69) is 10.3 Å². The highest BCUT2D eigenvalue weighted by Crippen LogP contribution is 2.32. The number of carboxylic acids is 1. The van der Waals surface area contributed by atoms with Gasteiger partial charge in [0.15, 0.2) is 17.2 Å². The molecule has 10 nitrogen and oxygen atoms in total. The number of carbonyl (C=O) groups is 2. The minimum Gasteiger partial charge on any atom is -0.480 e. The van der Waals surface area contributed by atoms with Crippen molar-refractivity contribution in [2.45, 2.75) is 50.7 Å². The van der Waals surface area contributed by atoms with E-state index in [-0.39, 0.29) is 28.5 Å². The Kier molecular flexibility index (Phi) is 7.83. The molecular weight excluding hydrogens is 541 g/mol. The molecule has 0 aliphatic carbocycles. The average Bonchev–Trinajstić information content (AvgIpc) is 3.30. The largest absolute Gasteiger partial charge is 0.480 e. The number of nitrogens with one attached hydrogen (secondary N) is 1. The van der Waals surface area contributed by atoms with Crippen LogP contribution in [0.5, 0.6) is 11.5 Å². The molecule has 1 unspecified atom stereocenters. The molecule has 0 aliphatic rings. The van der Waals surface area contributed by atoms with Crippen LogP contribution in [0, 0.1) is 12.7 Å². The van der Waals surface area contributed by atoms with Crippen molar-refractivity contribution in [3.05, 3.63) is 83.9 Å². The summed E-state index contributed by atoms with van der Waals surface area (Å²) in [4.78, 5) is 28.0. The molecule has 0 radical (unpaired) electrons. The zero-order chi connectivity index (χ0) is 29.2. The van der Waals surface area contributed by atoms with Crippen LogP contribution in [0.2, 0.25) is 0 Å². The maximum absolute atomic E-state index is 15.0. The number of aryl methyl sites for hydroxylation is 1. The number of nitrogens with zero attached hydrogens (tertiary/aromatic N) is 2. The molecule has 0 saturated carbocycles. The Morgan fingerprint density at radius 2 is 1.77 bits per heavy atom. The highest BCUT2D eigenvalue weighted by molar-refractivity contribution is 7.90. The van der Waals surface area contributed by atoms with Crippen LogP contribution >= 0.6 is 0 Å². The van der Waals surface area contributed by atoms with E-state index in [1.165, 1.54) is 48.8 Å².